The van der Waals surface area contributed by atoms with E-state index in [1.165, 1.54) is 7.11 Å². The predicted octanol–water partition coefficient (Wildman–Crippen LogP) is 3.32. The number of benzene rings is 1. The minimum Gasteiger partial charge on any atom is -0.495 e. The highest BCUT2D eigenvalue weighted by Crippen LogP contribution is 2.46. The van der Waals surface area contributed by atoms with Gasteiger partial charge in [0.25, 0.3) is 0 Å². The third kappa shape index (κ3) is 3.36. The maximum atomic E-state index is 12.6. The maximum Gasteiger partial charge on any atom is 0.410 e. The van der Waals surface area contributed by atoms with E-state index >= 15 is 0 Å². The molecule has 1 aromatic rings. The molecule has 1 aromatic carbocycles. The molecule has 26 heavy (non-hydrogen) atoms. The van der Waals surface area contributed by atoms with E-state index < -0.39 is 11.2 Å². The molecular weight excluding hydrogens is 332 g/mol. The van der Waals surface area contributed by atoms with Gasteiger partial charge in [-0.15, -0.1) is 0 Å². The van der Waals surface area contributed by atoms with Crippen LogP contribution in [-0.4, -0.2) is 40.9 Å². The molecule has 140 valence electrons. The van der Waals surface area contributed by atoms with Gasteiger partial charge in [0.15, 0.2) is 0 Å². The van der Waals surface area contributed by atoms with E-state index in [0.717, 1.165) is 12.8 Å². The van der Waals surface area contributed by atoms with Crippen LogP contribution in [0.4, 0.5) is 4.79 Å². The van der Waals surface area contributed by atoms with E-state index in [4.69, 9.17) is 9.47 Å². The number of fused-ring (bicyclic) bond motifs is 2. The van der Waals surface area contributed by atoms with Crippen molar-refractivity contribution < 1.29 is 19.4 Å². The summed E-state index contributed by atoms with van der Waals surface area (Å²) in [6, 6.07) is 7.22. The summed E-state index contributed by atoms with van der Waals surface area (Å²) in [6.45, 7) is 5.57. The molecule has 1 N–H and O–H groups in total. The lowest BCUT2D eigenvalue weighted by Crippen LogP contribution is -2.53. The van der Waals surface area contributed by atoms with Crippen LogP contribution >= 0.6 is 0 Å². The van der Waals surface area contributed by atoms with Crippen LogP contribution in [0.25, 0.3) is 0 Å². The van der Waals surface area contributed by atoms with Crippen LogP contribution in [0.2, 0.25) is 0 Å². The number of aliphatic hydroxyl groups is 1. The van der Waals surface area contributed by atoms with Crippen LogP contribution in [0.5, 0.6) is 5.75 Å². The molecule has 2 atom stereocenters. The van der Waals surface area contributed by atoms with Crippen molar-refractivity contribution in [3.8, 4) is 11.8 Å². The van der Waals surface area contributed by atoms with Crippen molar-refractivity contribution >= 4 is 6.09 Å². The number of piperidine rings is 1. The van der Waals surface area contributed by atoms with E-state index in [1.807, 2.05) is 26.8 Å². The summed E-state index contributed by atoms with van der Waals surface area (Å²) in [6.07, 6.45) is 2.29. The molecule has 2 bridgehead atoms. The first kappa shape index (κ1) is 18.5. The lowest BCUT2D eigenvalue weighted by atomic mass is 9.80. The fourth-order valence-corrected chi connectivity index (χ4v) is 4.16. The molecule has 2 saturated heterocycles. The van der Waals surface area contributed by atoms with E-state index in [0.29, 0.717) is 29.7 Å². The molecule has 2 aliphatic heterocycles. The molecule has 2 heterocycles. The Morgan fingerprint density at radius 1 is 1.31 bits per heavy atom. The first-order valence-electron chi connectivity index (χ1n) is 8.99. The highest BCUT2D eigenvalue weighted by atomic mass is 16.6. The second-order valence-corrected chi connectivity index (χ2v) is 8.24. The Kier molecular flexibility index (Phi) is 4.61. The van der Waals surface area contributed by atoms with Crippen LogP contribution in [0.1, 0.15) is 57.6 Å². The van der Waals surface area contributed by atoms with Gasteiger partial charge >= 0.3 is 6.09 Å². The number of amides is 1. The molecular formula is C20H26N2O4. The number of carbonyl (C=O) groups is 1. The van der Waals surface area contributed by atoms with Gasteiger partial charge in [-0.25, -0.2) is 4.79 Å². The fourth-order valence-electron chi connectivity index (χ4n) is 4.16. The summed E-state index contributed by atoms with van der Waals surface area (Å²) in [5.41, 5.74) is -0.486. The summed E-state index contributed by atoms with van der Waals surface area (Å²) in [5, 5.41) is 20.6. The Bertz CT molecular complexity index is 733. The quantitative estimate of drug-likeness (QED) is 0.877. The van der Waals surface area contributed by atoms with Gasteiger partial charge in [0, 0.05) is 24.9 Å². The van der Waals surface area contributed by atoms with Crippen molar-refractivity contribution in [3.63, 3.8) is 0 Å². The van der Waals surface area contributed by atoms with Gasteiger partial charge in [-0.05, 0) is 51.3 Å². The van der Waals surface area contributed by atoms with Crippen LogP contribution in [0.15, 0.2) is 18.2 Å². The van der Waals surface area contributed by atoms with Gasteiger partial charge in [0.05, 0.1) is 18.3 Å². The van der Waals surface area contributed by atoms with E-state index in [1.54, 1.807) is 17.0 Å². The van der Waals surface area contributed by atoms with Gasteiger partial charge in [-0.1, -0.05) is 6.07 Å². The molecule has 0 aliphatic carbocycles. The Morgan fingerprint density at radius 3 is 2.42 bits per heavy atom. The third-order valence-corrected chi connectivity index (χ3v) is 5.23. The molecule has 6 nitrogen and oxygen atoms in total. The van der Waals surface area contributed by atoms with Crippen molar-refractivity contribution in [2.24, 2.45) is 0 Å². The normalized spacial score (nSPS) is 27.8. The minimum atomic E-state index is -1.05. The molecule has 0 aromatic heterocycles. The second kappa shape index (κ2) is 6.48. The molecule has 2 unspecified atom stereocenters. The number of rotatable bonds is 2. The van der Waals surface area contributed by atoms with Gasteiger partial charge in [-0.3, -0.25) is 0 Å². The number of carbonyl (C=O) groups excluding carboxylic acids is 1. The lowest BCUT2D eigenvalue weighted by Gasteiger charge is -2.44. The zero-order valence-electron chi connectivity index (χ0n) is 15.8. The monoisotopic (exact) mass is 358 g/mol. The van der Waals surface area contributed by atoms with E-state index in [2.05, 4.69) is 6.07 Å². The van der Waals surface area contributed by atoms with Crippen LogP contribution < -0.4 is 4.74 Å². The van der Waals surface area contributed by atoms with Crippen molar-refractivity contribution in [1.82, 2.24) is 4.90 Å². The standard InChI is InChI=1S/C20H26N2O4/c1-19(2,3)26-18(23)22-15-6-7-16(22)11-20(24,10-15)14-5-8-17(25-4)13(9-14)12-21/h5,8-9,15-16,24H,6-7,10-11H2,1-4H3. The number of ether oxygens (including phenoxy) is 2. The summed E-state index contributed by atoms with van der Waals surface area (Å²) in [7, 11) is 1.52. The third-order valence-electron chi connectivity index (χ3n) is 5.23. The number of hydrogen-bond donors (Lipinski definition) is 1. The number of nitrogens with zero attached hydrogens (tertiary/aromatic N) is 2. The molecule has 0 saturated carbocycles. The zero-order valence-corrected chi connectivity index (χ0v) is 15.8. The van der Waals surface area contributed by atoms with Gasteiger partial charge in [0.2, 0.25) is 0 Å². The maximum absolute atomic E-state index is 12.6. The largest absolute Gasteiger partial charge is 0.495 e. The predicted molar refractivity (Wildman–Crippen MR) is 95.7 cm³/mol. The topological polar surface area (TPSA) is 82.8 Å². The van der Waals surface area contributed by atoms with Gasteiger partial charge < -0.3 is 19.5 Å². The zero-order chi connectivity index (χ0) is 19.1. The molecule has 2 aliphatic rings. The van der Waals surface area contributed by atoms with Crippen molar-refractivity contribution in [1.29, 1.82) is 5.26 Å². The fraction of sp³-hybridized carbons (Fsp3) is 0.600. The van der Waals surface area contributed by atoms with Crippen LogP contribution in [-0.2, 0) is 10.3 Å². The molecule has 6 heteroatoms. The molecule has 2 fully saturated rings. The lowest BCUT2D eigenvalue weighted by molar-refractivity contribution is -0.0624. The highest BCUT2D eigenvalue weighted by Gasteiger charge is 2.51. The summed E-state index contributed by atoms with van der Waals surface area (Å²) in [4.78, 5) is 14.4. The Hall–Kier alpha value is -2.26. The average Bonchev–Trinajstić information content (AvgIpc) is 2.85. The Morgan fingerprint density at radius 2 is 1.92 bits per heavy atom. The summed E-state index contributed by atoms with van der Waals surface area (Å²) in [5.74, 6) is 0.494. The smallest absolute Gasteiger partial charge is 0.410 e. The number of hydrogen-bond acceptors (Lipinski definition) is 5. The summed E-state index contributed by atoms with van der Waals surface area (Å²) < 4.78 is 10.7. The average molecular weight is 358 g/mol. The molecule has 3 rings (SSSR count). The van der Waals surface area contributed by atoms with Crippen LogP contribution in [0.3, 0.4) is 0 Å². The van der Waals surface area contributed by atoms with Gasteiger partial charge in [0.1, 0.15) is 17.4 Å². The Labute approximate surface area is 154 Å². The molecule has 0 radical (unpaired) electrons. The van der Waals surface area contributed by atoms with E-state index in [-0.39, 0.29) is 18.2 Å². The SMILES string of the molecule is COc1ccc(C2(O)CC3CCC(C2)N3C(=O)OC(C)(C)C)cc1C#N. The number of nitriles is 1. The highest BCUT2D eigenvalue weighted by molar-refractivity contribution is 5.70. The van der Waals surface area contributed by atoms with Crippen LogP contribution in [0, 0.1) is 11.3 Å². The van der Waals surface area contributed by atoms with Gasteiger partial charge in [-0.2, -0.15) is 5.26 Å². The summed E-state index contributed by atoms with van der Waals surface area (Å²) >= 11 is 0. The number of methoxy groups -OCH3 is 1. The van der Waals surface area contributed by atoms with Crippen molar-refractivity contribution in [3.05, 3.63) is 29.3 Å². The molecule has 0 spiro atoms. The van der Waals surface area contributed by atoms with Crippen molar-refractivity contribution in [2.45, 2.75) is 69.7 Å². The first-order valence-corrected chi connectivity index (χ1v) is 8.99. The second-order valence-electron chi connectivity index (χ2n) is 8.24. The molecule has 1 amide bonds. The Balaban J connectivity index is 1.84. The first-order chi connectivity index (χ1) is 12.2. The van der Waals surface area contributed by atoms with E-state index in [9.17, 15) is 15.2 Å². The van der Waals surface area contributed by atoms with Crippen molar-refractivity contribution in [2.75, 3.05) is 7.11 Å². The minimum absolute atomic E-state index is 0.0544.